The summed E-state index contributed by atoms with van der Waals surface area (Å²) in [5.74, 6) is -0.305. The van der Waals surface area contributed by atoms with Gasteiger partial charge in [-0.2, -0.15) is 0 Å². The molecule has 28 heavy (non-hydrogen) atoms. The van der Waals surface area contributed by atoms with Crippen LogP contribution in [0.4, 0.5) is 11.4 Å². The van der Waals surface area contributed by atoms with E-state index in [1.807, 2.05) is 62.4 Å². The Labute approximate surface area is 169 Å². The molecule has 1 heterocycles. The molecular formula is C22H23N3O2S. The first-order chi connectivity index (χ1) is 13.5. The van der Waals surface area contributed by atoms with E-state index in [0.717, 1.165) is 22.5 Å². The summed E-state index contributed by atoms with van der Waals surface area (Å²) in [6.45, 7) is 8.08. The molecule has 0 spiro atoms. The molecule has 1 saturated heterocycles. The lowest BCUT2D eigenvalue weighted by atomic mass is 10.2. The van der Waals surface area contributed by atoms with Gasteiger partial charge in [0.05, 0.1) is 5.69 Å². The molecule has 1 atom stereocenters. The van der Waals surface area contributed by atoms with Gasteiger partial charge < -0.3 is 5.32 Å². The van der Waals surface area contributed by atoms with Crippen LogP contribution in [0.5, 0.6) is 0 Å². The van der Waals surface area contributed by atoms with Gasteiger partial charge in [0.2, 0.25) is 11.8 Å². The highest BCUT2D eigenvalue weighted by Gasteiger charge is 2.38. The van der Waals surface area contributed by atoms with Crippen molar-refractivity contribution in [2.75, 3.05) is 11.9 Å². The third kappa shape index (κ3) is 4.89. The highest BCUT2D eigenvalue weighted by Crippen LogP contribution is 2.32. The molecule has 3 rings (SSSR count). The van der Waals surface area contributed by atoms with Crippen LogP contribution in [0.1, 0.15) is 17.5 Å². The van der Waals surface area contributed by atoms with Crippen LogP contribution in [0.25, 0.3) is 0 Å². The van der Waals surface area contributed by atoms with Crippen LogP contribution < -0.4 is 5.32 Å². The zero-order valence-corrected chi connectivity index (χ0v) is 16.8. The Hall–Kier alpha value is -2.86. The van der Waals surface area contributed by atoms with E-state index in [-0.39, 0.29) is 18.2 Å². The normalized spacial score (nSPS) is 17.8. The molecular weight excluding hydrogens is 370 g/mol. The minimum absolute atomic E-state index is 0.0951. The Bertz CT molecular complexity index is 922. The lowest BCUT2D eigenvalue weighted by Crippen LogP contribution is -2.33. The molecule has 2 aromatic carbocycles. The van der Waals surface area contributed by atoms with Crippen molar-refractivity contribution in [1.82, 2.24) is 4.90 Å². The van der Waals surface area contributed by atoms with Gasteiger partial charge in [0.15, 0.2) is 5.17 Å². The Morgan fingerprint density at radius 1 is 1.21 bits per heavy atom. The highest BCUT2D eigenvalue weighted by atomic mass is 32.2. The van der Waals surface area contributed by atoms with Crippen molar-refractivity contribution in [3.8, 4) is 0 Å². The average Bonchev–Trinajstić information content (AvgIpc) is 2.93. The SMILES string of the molecule is C=CCN1C(=O)[C@H](CC(=O)Nc2ccc(C)cc2)SC1=Nc1cccc(C)c1. The number of amides is 2. The number of benzene rings is 2. The fourth-order valence-corrected chi connectivity index (χ4v) is 4.01. The number of anilines is 1. The fourth-order valence-electron chi connectivity index (χ4n) is 2.85. The van der Waals surface area contributed by atoms with Gasteiger partial charge in [0, 0.05) is 18.7 Å². The van der Waals surface area contributed by atoms with Crippen molar-refractivity contribution in [3.63, 3.8) is 0 Å². The van der Waals surface area contributed by atoms with Gasteiger partial charge in [-0.25, -0.2) is 4.99 Å². The number of hydrogen-bond acceptors (Lipinski definition) is 4. The summed E-state index contributed by atoms with van der Waals surface area (Å²) >= 11 is 1.33. The molecule has 0 unspecified atom stereocenters. The monoisotopic (exact) mass is 393 g/mol. The summed E-state index contributed by atoms with van der Waals surface area (Å²) in [4.78, 5) is 31.4. The third-order valence-electron chi connectivity index (χ3n) is 4.26. The van der Waals surface area contributed by atoms with Gasteiger partial charge in [-0.15, -0.1) is 6.58 Å². The first-order valence-electron chi connectivity index (χ1n) is 9.07. The van der Waals surface area contributed by atoms with E-state index in [0.29, 0.717) is 11.7 Å². The molecule has 1 fully saturated rings. The first-order valence-corrected chi connectivity index (χ1v) is 9.95. The van der Waals surface area contributed by atoms with Gasteiger partial charge in [-0.3, -0.25) is 14.5 Å². The molecule has 0 bridgehead atoms. The van der Waals surface area contributed by atoms with E-state index in [1.54, 1.807) is 11.0 Å². The van der Waals surface area contributed by atoms with E-state index in [1.165, 1.54) is 11.8 Å². The number of thioether (sulfide) groups is 1. The maximum absolute atomic E-state index is 12.8. The number of aryl methyl sites for hydroxylation is 2. The number of hydrogen-bond donors (Lipinski definition) is 1. The minimum atomic E-state index is -0.492. The van der Waals surface area contributed by atoms with Gasteiger partial charge in [0.1, 0.15) is 5.25 Å². The highest BCUT2D eigenvalue weighted by molar-refractivity contribution is 8.15. The second-order valence-corrected chi connectivity index (χ2v) is 7.87. The van der Waals surface area contributed by atoms with Crippen molar-refractivity contribution in [2.24, 2.45) is 4.99 Å². The maximum Gasteiger partial charge on any atom is 0.242 e. The number of amidine groups is 1. The number of nitrogens with one attached hydrogen (secondary N) is 1. The Morgan fingerprint density at radius 3 is 2.64 bits per heavy atom. The number of carbonyl (C=O) groups is 2. The van der Waals surface area contributed by atoms with E-state index < -0.39 is 5.25 Å². The predicted molar refractivity (Wildman–Crippen MR) is 116 cm³/mol. The average molecular weight is 394 g/mol. The van der Waals surface area contributed by atoms with Crippen molar-refractivity contribution in [3.05, 3.63) is 72.3 Å². The first kappa shape index (κ1) is 19.9. The fraction of sp³-hybridized carbons (Fsp3) is 0.227. The predicted octanol–water partition coefficient (Wildman–Crippen LogP) is 4.45. The van der Waals surface area contributed by atoms with Crippen LogP contribution in [-0.4, -0.2) is 33.7 Å². The lowest BCUT2D eigenvalue weighted by Gasteiger charge is -2.14. The molecule has 0 saturated carbocycles. The topological polar surface area (TPSA) is 61.8 Å². The zero-order valence-electron chi connectivity index (χ0n) is 16.0. The van der Waals surface area contributed by atoms with Crippen LogP contribution in [0.3, 0.4) is 0 Å². The van der Waals surface area contributed by atoms with E-state index >= 15 is 0 Å². The van der Waals surface area contributed by atoms with Gasteiger partial charge >= 0.3 is 0 Å². The van der Waals surface area contributed by atoms with E-state index in [2.05, 4.69) is 16.9 Å². The molecule has 2 amide bonds. The lowest BCUT2D eigenvalue weighted by molar-refractivity contribution is -0.127. The van der Waals surface area contributed by atoms with Crippen LogP contribution in [0.15, 0.2) is 66.2 Å². The molecule has 2 aromatic rings. The van der Waals surface area contributed by atoms with Crippen LogP contribution in [-0.2, 0) is 9.59 Å². The summed E-state index contributed by atoms with van der Waals surface area (Å²) in [5, 5.41) is 2.96. The minimum Gasteiger partial charge on any atom is -0.326 e. The Morgan fingerprint density at radius 2 is 1.96 bits per heavy atom. The quantitative estimate of drug-likeness (QED) is 0.738. The molecule has 0 radical (unpaired) electrons. The van der Waals surface area contributed by atoms with Crippen LogP contribution in [0, 0.1) is 13.8 Å². The van der Waals surface area contributed by atoms with Crippen molar-refractivity contribution >= 4 is 40.1 Å². The van der Waals surface area contributed by atoms with Crippen molar-refractivity contribution < 1.29 is 9.59 Å². The van der Waals surface area contributed by atoms with Gasteiger partial charge in [-0.05, 0) is 43.7 Å². The second kappa shape index (κ2) is 8.89. The number of aliphatic imine (C=N–C) groups is 1. The van der Waals surface area contributed by atoms with Gasteiger partial charge in [-0.1, -0.05) is 47.7 Å². The molecule has 1 aliphatic heterocycles. The largest absolute Gasteiger partial charge is 0.326 e. The Kier molecular flexibility index (Phi) is 6.31. The number of rotatable bonds is 6. The number of carbonyl (C=O) groups excluding carboxylic acids is 2. The van der Waals surface area contributed by atoms with Crippen LogP contribution in [0.2, 0.25) is 0 Å². The van der Waals surface area contributed by atoms with Crippen LogP contribution >= 0.6 is 11.8 Å². The number of nitrogens with zero attached hydrogens (tertiary/aromatic N) is 2. The molecule has 0 aromatic heterocycles. The maximum atomic E-state index is 12.8. The standard InChI is InChI=1S/C22H23N3O2S/c1-4-12-25-21(27)19(14-20(26)23-17-10-8-15(2)9-11-17)28-22(25)24-18-7-5-6-16(3)13-18/h4-11,13,19H,1,12,14H2,2-3H3,(H,23,26)/t19-/m0/s1. The van der Waals surface area contributed by atoms with Crippen molar-refractivity contribution in [2.45, 2.75) is 25.5 Å². The summed E-state index contributed by atoms with van der Waals surface area (Å²) in [7, 11) is 0. The molecule has 5 nitrogen and oxygen atoms in total. The second-order valence-electron chi connectivity index (χ2n) is 6.70. The summed E-state index contributed by atoms with van der Waals surface area (Å²) in [6.07, 6.45) is 1.76. The third-order valence-corrected chi connectivity index (χ3v) is 5.44. The molecule has 6 heteroatoms. The summed E-state index contributed by atoms with van der Waals surface area (Å²) < 4.78 is 0. The Balaban J connectivity index is 1.73. The molecule has 1 N–H and O–H groups in total. The van der Waals surface area contributed by atoms with Crippen molar-refractivity contribution in [1.29, 1.82) is 0 Å². The van der Waals surface area contributed by atoms with Gasteiger partial charge in [0.25, 0.3) is 0 Å². The van der Waals surface area contributed by atoms with E-state index in [9.17, 15) is 9.59 Å². The van der Waals surface area contributed by atoms with E-state index in [4.69, 9.17) is 0 Å². The summed E-state index contributed by atoms with van der Waals surface area (Å²) in [5.41, 5.74) is 3.73. The molecule has 0 aliphatic carbocycles. The molecule has 1 aliphatic rings. The zero-order chi connectivity index (χ0) is 20.1. The molecule has 144 valence electrons. The summed E-state index contributed by atoms with van der Waals surface area (Å²) in [6, 6.07) is 15.4. The smallest absolute Gasteiger partial charge is 0.242 e.